The molecule has 2 aromatic rings. The van der Waals surface area contributed by atoms with Gasteiger partial charge in [-0.2, -0.15) is 0 Å². The molecule has 0 aromatic heterocycles. The molecule has 0 radical (unpaired) electrons. The number of amides is 1. The smallest absolute Gasteiger partial charge is 0.497 e. The maximum atomic E-state index is 12.5. The highest BCUT2D eigenvalue weighted by atomic mass is 32.2. The van der Waals surface area contributed by atoms with Crippen LogP contribution in [-0.2, 0) is 4.79 Å². The van der Waals surface area contributed by atoms with E-state index < -0.39 is 6.36 Å². The Balaban J connectivity index is 1.86. The van der Waals surface area contributed by atoms with Gasteiger partial charge in [-0.05, 0) is 42.3 Å². The summed E-state index contributed by atoms with van der Waals surface area (Å²) in [6.45, 7) is 1.90. The number of benzene rings is 2. The van der Waals surface area contributed by atoms with Crippen molar-refractivity contribution in [3.63, 3.8) is 0 Å². The van der Waals surface area contributed by atoms with Gasteiger partial charge >= 0.3 is 6.36 Å². The Kier molecular flexibility index (Phi) is 5.55. The highest BCUT2D eigenvalue weighted by molar-refractivity contribution is 8.00. The van der Waals surface area contributed by atoms with E-state index in [2.05, 4.69) is 4.74 Å². The van der Waals surface area contributed by atoms with Crippen LogP contribution in [0.25, 0.3) is 0 Å². The maximum Gasteiger partial charge on any atom is 0.573 e. The summed E-state index contributed by atoms with van der Waals surface area (Å²) in [6.07, 6.45) is -4.76. The third-order valence-corrected chi connectivity index (χ3v) is 5.53. The normalized spacial score (nSPS) is 18.5. The van der Waals surface area contributed by atoms with Gasteiger partial charge in [-0.1, -0.05) is 24.3 Å². The van der Waals surface area contributed by atoms with E-state index in [1.165, 1.54) is 30.0 Å². The highest BCUT2D eigenvalue weighted by Crippen LogP contribution is 2.44. The van der Waals surface area contributed by atoms with E-state index in [0.29, 0.717) is 11.3 Å². The molecule has 2 aromatic carbocycles. The number of thioether (sulfide) groups is 1. The van der Waals surface area contributed by atoms with Crippen molar-refractivity contribution >= 4 is 17.7 Å². The van der Waals surface area contributed by atoms with Gasteiger partial charge in [0.1, 0.15) is 16.9 Å². The minimum Gasteiger partial charge on any atom is -0.497 e. The lowest BCUT2D eigenvalue weighted by Crippen LogP contribution is -2.31. The average molecular weight is 397 g/mol. The lowest BCUT2D eigenvalue weighted by molar-refractivity contribution is -0.274. The molecule has 4 nitrogen and oxygen atoms in total. The Labute approximate surface area is 159 Å². The molecule has 1 amide bonds. The second-order valence-electron chi connectivity index (χ2n) is 6.03. The predicted octanol–water partition coefficient (Wildman–Crippen LogP) is 4.93. The van der Waals surface area contributed by atoms with Crippen molar-refractivity contribution in [2.75, 3.05) is 12.9 Å². The number of carbonyl (C=O) groups excluding carboxylic acids is 1. The van der Waals surface area contributed by atoms with E-state index in [0.717, 1.165) is 5.56 Å². The Morgan fingerprint density at radius 2 is 1.85 bits per heavy atom. The zero-order chi connectivity index (χ0) is 19.6. The molecule has 0 aliphatic carbocycles. The molecule has 0 N–H and O–H groups in total. The van der Waals surface area contributed by atoms with Crippen molar-refractivity contribution < 1.29 is 27.4 Å². The number of rotatable bonds is 5. The van der Waals surface area contributed by atoms with Crippen LogP contribution < -0.4 is 9.47 Å². The lowest BCUT2D eigenvalue weighted by Gasteiger charge is -2.31. The molecule has 1 saturated heterocycles. The number of methoxy groups -OCH3 is 1. The van der Waals surface area contributed by atoms with Crippen LogP contribution in [0.4, 0.5) is 13.2 Å². The summed E-state index contributed by atoms with van der Waals surface area (Å²) in [6, 6.07) is 12.9. The van der Waals surface area contributed by atoms with E-state index in [4.69, 9.17) is 4.74 Å². The Morgan fingerprint density at radius 3 is 2.48 bits per heavy atom. The number of hydrogen-bond donors (Lipinski definition) is 0. The van der Waals surface area contributed by atoms with Crippen molar-refractivity contribution in [2.45, 2.75) is 24.7 Å². The summed E-state index contributed by atoms with van der Waals surface area (Å²) in [4.78, 5) is 14.2. The zero-order valence-electron chi connectivity index (χ0n) is 14.7. The molecule has 144 valence electrons. The van der Waals surface area contributed by atoms with Gasteiger partial charge in [-0.3, -0.25) is 4.79 Å². The summed E-state index contributed by atoms with van der Waals surface area (Å²) >= 11 is 1.38. The minimum absolute atomic E-state index is 0.0598. The Hall–Kier alpha value is -2.35. The summed E-state index contributed by atoms with van der Waals surface area (Å²) in [5.41, 5.74) is 1.51. The fraction of sp³-hybridized carbons (Fsp3) is 0.316. The SMILES string of the molecule is COc1ccc(C(C)N2C(=O)CSC2c2cccc(OC(F)(F)F)c2)cc1. The average Bonchev–Trinajstić information content (AvgIpc) is 3.01. The van der Waals surface area contributed by atoms with Crippen LogP contribution in [0.15, 0.2) is 48.5 Å². The first-order valence-electron chi connectivity index (χ1n) is 8.21. The van der Waals surface area contributed by atoms with Crippen molar-refractivity contribution in [3.8, 4) is 11.5 Å². The molecule has 3 rings (SSSR count). The molecule has 1 aliphatic heterocycles. The van der Waals surface area contributed by atoms with E-state index >= 15 is 0 Å². The van der Waals surface area contributed by atoms with Crippen LogP contribution in [0.2, 0.25) is 0 Å². The molecule has 8 heteroatoms. The number of alkyl halides is 3. The highest BCUT2D eigenvalue weighted by Gasteiger charge is 2.37. The molecule has 2 unspecified atom stereocenters. The number of ether oxygens (including phenoxy) is 2. The van der Waals surface area contributed by atoms with E-state index in [1.807, 2.05) is 31.2 Å². The quantitative estimate of drug-likeness (QED) is 0.717. The van der Waals surface area contributed by atoms with E-state index in [1.54, 1.807) is 18.1 Å². The summed E-state index contributed by atoms with van der Waals surface area (Å²) in [7, 11) is 1.57. The van der Waals surface area contributed by atoms with Crippen molar-refractivity contribution in [2.24, 2.45) is 0 Å². The predicted molar refractivity (Wildman–Crippen MR) is 96.6 cm³/mol. The molecular formula is C19H18F3NO3S. The first-order valence-corrected chi connectivity index (χ1v) is 9.26. The molecule has 1 aliphatic rings. The van der Waals surface area contributed by atoms with Crippen LogP contribution in [0.3, 0.4) is 0 Å². The standard InChI is InChI=1S/C19H18F3NO3S/c1-12(13-6-8-15(25-2)9-7-13)23-17(24)11-27-18(23)14-4-3-5-16(10-14)26-19(20,21)22/h3-10,12,18H,11H2,1-2H3. The Morgan fingerprint density at radius 1 is 1.15 bits per heavy atom. The van der Waals surface area contributed by atoms with Crippen molar-refractivity contribution in [1.29, 1.82) is 0 Å². The molecule has 0 spiro atoms. The number of nitrogens with zero attached hydrogens (tertiary/aromatic N) is 1. The molecule has 1 fully saturated rings. The minimum atomic E-state index is -4.76. The first kappa shape index (κ1) is 19.4. The van der Waals surface area contributed by atoms with Gasteiger partial charge in [0, 0.05) is 0 Å². The third-order valence-electron chi connectivity index (χ3n) is 4.30. The number of carbonyl (C=O) groups is 1. The van der Waals surface area contributed by atoms with Gasteiger partial charge < -0.3 is 14.4 Å². The monoisotopic (exact) mass is 397 g/mol. The van der Waals surface area contributed by atoms with Crippen LogP contribution >= 0.6 is 11.8 Å². The van der Waals surface area contributed by atoms with E-state index in [9.17, 15) is 18.0 Å². The van der Waals surface area contributed by atoms with Gasteiger partial charge in [-0.25, -0.2) is 0 Å². The van der Waals surface area contributed by atoms with Gasteiger partial charge in [0.15, 0.2) is 0 Å². The second-order valence-corrected chi connectivity index (χ2v) is 7.10. The fourth-order valence-corrected chi connectivity index (χ4v) is 4.27. The van der Waals surface area contributed by atoms with Gasteiger partial charge in [-0.15, -0.1) is 24.9 Å². The molecular weight excluding hydrogens is 379 g/mol. The lowest BCUT2D eigenvalue weighted by atomic mass is 10.1. The van der Waals surface area contributed by atoms with E-state index in [-0.39, 0.29) is 28.8 Å². The topological polar surface area (TPSA) is 38.8 Å². The molecule has 1 heterocycles. The fourth-order valence-electron chi connectivity index (χ4n) is 3.02. The van der Waals surface area contributed by atoms with Crippen molar-refractivity contribution in [3.05, 3.63) is 59.7 Å². The molecule has 0 saturated carbocycles. The zero-order valence-corrected chi connectivity index (χ0v) is 15.5. The summed E-state index contributed by atoms with van der Waals surface area (Å²) in [5, 5.41) is -0.383. The van der Waals surface area contributed by atoms with Gasteiger partial charge in [0.05, 0.1) is 18.9 Å². The maximum absolute atomic E-state index is 12.5. The molecule has 0 bridgehead atoms. The van der Waals surface area contributed by atoms with Crippen LogP contribution in [0.5, 0.6) is 11.5 Å². The van der Waals surface area contributed by atoms with Crippen LogP contribution in [0, 0.1) is 0 Å². The number of hydrogen-bond acceptors (Lipinski definition) is 4. The molecule has 2 atom stereocenters. The van der Waals surface area contributed by atoms with Gasteiger partial charge in [0.25, 0.3) is 0 Å². The third kappa shape index (κ3) is 4.50. The van der Waals surface area contributed by atoms with Crippen LogP contribution in [0.1, 0.15) is 29.5 Å². The van der Waals surface area contributed by atoms with Crippen LogP contribution in [-0.4, -0.2) is 30.0 Å². The summed E-state index contributed by atoms with van der Waals surface area (Å²) in [5.74, 6) is 0.629. The second kappa shape index (κ2) is 7.72. The largest absolute Gasteiger partial charge is 0.573 e. The van der Waals surface area contributed by atoms with Gasteiger partial charge in [0.2, 0.25) is 5.91 Å². The molecule has 27 heavy (non-hydrogen) atoms. The number of halogens is 3. The summed E-state index contributed by atoms with van der Waals surface area (Å²) < 4.78 is 46.7. The van der Waals surface area contributed by atoms with Crippen molar-refractivity contribution in [1.82, 2.24) is 4.90 Å². The first-order chi connectivity index (χ1) is 12.8. The Bertz CT molecular complexity index is 811.